The van der Waals surface area contributed by atoms with Crippen LogP contribution in [0, 0.1) is 0 Å². The van der Waals surface area contributed by atoms with Gasteiger partial charge in [-0.2, -0.15) is 0 Å². The normalized spacial score (nSPS) is 13.8. The van der Waals surface area contributed by atoms with E-state index in [9.17, 15) is 0 Å². The van der Waals surface area contributed by atoms with Crippen LogP contribution in [0.1, 0.15) is 52.9 Å². The predicted molar refractivity (Wildman–Crippen MR) is 59.0 cm³/mol. The molecule has 0 fully saturated rings. The summed E-state index contributed by atoms with van der Waals surface area (Å²) in [7, 11) is 0. The van der Waals surface area contributed by atoms with Crippen LogP contribution < -0.4 is 0 Å². The van der Waals surface area contributed by atoms with Crippen molar-refractivity contribution in [2.75, 3.05) is 6.61 Å². The predicted octanol–water partition coefficient (Wildman–Crippen LogP) is 3.94. The van der Waals surface area contributed by atoms with E-state index in [1.165, 1.54) is 32.1 Å². The molecular formula is C12H24O. The first kappa shape index (κ1) is 12.7. The number of ether oxygens (including phenoxy) is 1. The van der Waals surface area contributed by atoms with Gasteiger partial charge >= 0.3 is 0 Å². The summed E-state index contributed by atoms with van der Waals surface area (Å²) < 4.78 is 5.74. The minimum Gasteiger partial charge on any atom is -0.374 e. The monoisotopic (exact) mass is 184 g/mol. The standard InChI is InChI=1S/C12H24O/c1-4-7-10-12(9-6-3)13-11-8-5-2/h6,9,12H,4-5,7-8,10-11H2,1-3H3. The SMILES string of the molecule is CC=CC(CCCC)OCCCC. The maximum atomic E-state index is 5.74. The van der Waals surface area contributed by atoms with E-state index in [-0.39, 0.29) is 0 Å². The molecule has 0 rings (SSSR count). The number of rotatable bonds is 8. The van der Waals surface area contributed by atoms with Gasteiger partial charge in [0.15, 0.2) is 0 Å². The average molecular weight is 184 g/mol. The minimum atomic E-state index is 0.358. The lowest BCUT2D eigenvalue weighted by atomic mass is 10.1. The zero-order valence-corrected chi connectivity index (χ0v) is 9.38. The van der Waals surface area contributed by atoms with Gasteiger partial charge in [0, 0.05) is 6.61 Å². The summed E-state index contributed by atoms with van der Waals surface area (Å²) in [5, 5.41) is 0. The topological polar surface area (TPSA) is 9.23 Å². The molecule has 0 saturated heterocycles. The highest BCUT2D eigenvalue weighted by atomic mass is 16.5. The molecular weight excluding hydrogens is 160 g/mol. The molecule has 0 aliphatic rings. The van der Waals surface area contributed by atoms with Crippen molar-refractivity contribution in [2.24, 2.45) is 0 Å². The highest BCUT2D eigenvalue weighted by Crippen LogP contribution is 2.07. The van der Waals surface area contributed by atoms with Crippen LogP contribution >= 0.6 is 0 Å². The fourth-order valence-electron chi connectivity index (χ4n) is 1.23. The first-order chi connectivity index (χ1) is 6.35. The molecule has 0 N–H and O–H groups in total. The molecule has 0 bridgehead atoms. The maximum absolute atomic E-state index is 5.74. The molecule has 1 nitrogen and oxygen atoms in total. The highest BCUT2D eigenvalue weighted by molar-refractivity contribution is 4.86. The summed E-state index contributed by atoms with van der Waals surface area (Å²) in [5.74, 6) is 0. The van der Waals surface area contributed by atoms with Crippen molar-refractivity contribution in [3.8, 4) is 0 Å². The van der Waals surface area contributed by atoms with Gasteiger partial charge < -0.3 is 4.74 Å². The van der Waals surface area contributed by atoms with Crippen molar-refractivity contribution in [1.29, 1.82) is 0 Å². The zero-order chi connectivity index (χ0) is 9.94. The van der Waals surface area contributed by atoms with E-state index < -0.39 is 0 Å². The lowest BCUT2D eigenvalue weighted by molar-refractivity contribution is 0.0757. The second-order valence-corrected chi connectivity index (χ2v) is 3.43. The largest absolute Gasteiger partial charge is 0.374 e. The Balaban J connectivity index is 3.54. The number of unbranched alkanes of at least 4 members (excludes halogenated alkanes) is 2. The Kier molecular flexibility index (Phi) is 9.56. The van der Waals surface area contributed by atoms with Gasteiger partial charge in [-0.3, -0.25) is 0 Å². The molecule has 1 atom stereocenters. The van der Waals surface area contributed by atoms with Crippen molar-refractivity contribution in [2.45, 2.75) is 59.0 Å². The quantitative estimate of drug-likeness (QED) is 0.410. The third-order valence-electron chi connectivity index (χ3n) is 2.08. The zero-order valence-electron chi connectivity index (χ0n) is 9.38. The van der Waals surface area contributed by atoms with Crippen molar-refractivity contribution in [3.63, 3.8) is 0 Å². The van der Waals surface area contributed by atoms with Crippen LogP contribution in [0.2, 0.25) is 0 Å². The van der Waals surface area contributed by atoms with Gasteiger partial charge in [0.1, 0.15) is 0 Å². The van der Waals surface area contributed by atoms with Crippen LogP contribution in [-0.4, -0.2) is 12.7 Å². The van der Waals surface area contributed by atoms with E-state index in [1.807, 2.05) is 0 Å². The first-order valence-corrected chi connectivity index (χ1v) is 5.59. The molecule has 13 heavy (non-hydrogen) atoms. The van der Waals surface area contributed by atoms with Crippen LogP contribution in [0.4, 0.5) is 0 Å². The minimum absolute atomic E-state index is 0.358. The van der Waals surface area contributed by atoms with Gasteiger partial charge in [-0.1, -0.05) is 45.3 Å². The van der Waals surface area contributed by atoms with Gasteiger partial charge in [-0.05, 0) is 19.8 Å². The van der Waals surface area contributed by atoms with E-state index in [2.05, 4.69) is 32.9 Å². The molecule has 0 aromatic heterocycles. The molecule has 0 spiro atoms. The van der Waals surface area contributed by atoms with Crippen LogP contribution in [0.15, 0.2) is 12.2 Å². The molecule has 0 aliphatic carbocycles. The van der Waals surface area contributed by atoms with E-state index in [1.54, 1.807) is 0 Å². The lowest BCUT2D eigenvalue weighted by Gasteiger charge is -2.13. The summed E-state index contributed by atoms with van der Waals surface area (Å²) in [6, 6.07) is 0. The summed E-state index contributed by atoms with van der Waals surface area (Å²) in [4.78, 5) is 0. The van der Waals surface area contributed by atoms with Gasteiger partial charge in [-0.15, -0.1) is 0 Å². The lowest BCUT2D eigenvalue weighted by Crippen LogP contribution is -2.10. The summed E-state index contributed by atoms with van der Waals surface area (Å²) in [6.07, 6.45) is 10.7. The Hall–Kier alpha value is -0.300. The fraction of sp³-hybridized carbons (Fsp3) is 0.833. The van der Waals surface area contributed by atoms with Crippen LogP contribution in [0.25, 0.3) is 0 Å². The third kappa shape index (κ3) is 8.04. The van der Waals surface area contributed by atoms with Gasteiger partial charge in [-0.25, -0.2) is 0 Å². The smallest absolute Gasteiger partial charge is 0.0755 e. The fourth-order valence-corrected chi connectivity index (χ4v) is 1.23. The molecule has 1 heteroatoms. The molecule has 0 aliphatic heterocycles. The molecule has 78 valence electrons. The molecule has 0 aromatic carbocycles. The van der Waals surface area contributed by atoms with Crippen molar-refractivity contribution < 1.29 is 4.74 Å². The third-order valence-corrected chi connectivity index (χ3v) is 2.08. The van der Waals surface area contributed by atoms with Gasteiger partial charge in [0.2, 0.25) is 0 Å². The number of hydrogen-bond acceptors (Lipinski definition) is 1. The highest BCUT2D eigenvalue weighted by Gasteiger charge is 2.02. The maximum Gasteiger partial charge on any atom is 0.0755 e. The van der Waals surface area contributed by atoms with Crippen molar-refractivity contribution >= 4 is 0 Å². The van der Waals surface area contributed by atoms with E-state index in [0.29, 0.717) is 6.10 Å². The van der Waals surface area contributed by atoms with Gasteiger partial charge in [0.25, 0.3) is 0 Å². The second kappa shape index (κ2) is 9.79. The molecule has 0 heterocycles. The Labute approximate surface area is 83.2 Å². The molecule has 0 saturated carbocycles. The number of hydrogen-bond donors (Lipinski definition) is 0. The van der Waals surface area contributed by atoms with Crippen molar-refractivity contribution in [3.05, 3.63) is 12.2 Å². The van der Waals surface area contributed by atoms with E-state index in [0.717, 1.165) is 6.61 Å². The Morgan fingerprint density at radius 3 is 2.38 bits per heavy atom. The Bertz CT molecular complexity index is 118. The molecule has 1 unspecified atom stereocenters. The first-order valence-electron chi connectivity index (χ1n) is 5.59. The Morgan fingerprint density at radius 2 is 1.85 bits per heavy atom. The average Bonchev–Trinajstić information content (AvgIpc) is 2.14. The summed E-state index contributed by atoms with van der Waals surface area (Å²) in [5.41, 5.74) is 0. The molecule has 0 radical (unpaired) electrons. The summed E-state index contributed by atoms with van der Waals surface area (Å²) in [6.45, 7) is 7.39. The van der Waals surface area contributed by atoms with E-state index >= 15 is 0 Å². The number of allylic oxidation sites excluding steroid dienone is 1. The van der Waals surface area contributed by atoms with Crippen LogP contribution in [0.3, 0.4) is 0 Å². The van der Waals surface area contributed by atoms with Gasteiger partial charge in [0.05, 0.1) is 6.10 Å². The van der Waals surface area contributed by atoms with E-state index in [4.69, 9.17) is 4.74 Å². The van der Waals surface area contributed by atoms with Crippen LogP contribution in [-0.2, 0) is 4.74 Å². The van der Waals surface area contributed by atoms with Crippen molar-refractivity contribution in [1.82, 2.24) is 0 Å². The summed E-state index contributed by atoms with van der Waals surface area (Å²) >= 11 is 0. The second-order valence-electron chi connectivity index (χ2n) is 3.43. The van der Waals surface area contributed by atoms with Crippen LogP contribution in [0.5, 0.6) is 0 Å². The molecule has 0 aromatic rings. The Morgan fingerprint density at radius 1 is 1.15 bits per heavy atom. The molecule has 0 amide bonds.